The summed E-state index contributed by atoms with van der Waals surface area (Å²) in [5.74, 6) is 1.37. The van der Waals surface area contributed by atoms with Crippen LogP contribution in [0.2, 0.25) is 0 Å². The Labute approximate surface area is 185 Å². The summed E-state index contributed by atoms with van der Waals surface area (Å²) in [6.07, 6.45) is 5.72. The van der Waals surface area contributed by atoms with Crippen LogP contribution in [-0.4, -0.2) is 15.9 Å². The number of aryl methyl sites for hydroxylation is 1. The number of hydrogen-bond donors (Lipinski definition) is 1. The molecular weight excluding hydrogens is 409 g/mol. The average Bonchev–Trinajstić information content (AvgIpc) is 3.31. The van der Waals surface area contributed by atoms with Crippen molar-refractivity contribution in [2.75, 3.05) is 0 Å². The van der Waals surface area contributed by atoms with E-state index in [9.17, 15) is 9.18 Å². The lowest BCUT2D eigenvalue weighted by Crippen LogP contribution is -2.23. The Bertz CT molecular complexity index is 1140. The van der Waals surface area contributed by atoms with Gasteiger partial charge in [0.1, 0.15) is 18.2 Å². The van der Waals surface area contributed by atoms with Crippen molar-refractivity contribution in [3.8, 4) is 17.1 Å². The van der Waals surface area contributed by atoms with E-state index in [2.05, 4.69) is 15.3 Å². The van der Waals surface area contributed by atoms with Crippen molar-refractivity contribution in [3.63, 3.8) is 0 Å². The molecule has 2 heterocycles. The first kappa shape index (κ1) is 21.2. The molecule has 1 N–H and O–H groups in total. The third kappa shape index (κ3) is 6.01. The standard InChI is InChI=1S/C25H22FN3O3/c26-21-7-5-20(6-8-21)23-16-29-25(32-23)12-11-24(30)28-15-18-3-9-22(10-4-18)31-17-19-2-1-13-27-14-19/h1-10,13-14,16H,11-12,15,17H2,(H,28,30). The highest BCUT2D eigenvalue weighted by Gasteiger charge is 2.09. The van der Waals surface area contributed by atoms with Gasteiger partial charge in [0, 0.05) is 42.9 Å². The molecule has 1 amide bonds. The van der Waals surface area contributed by atoms with Gasteiger partial charge in [-0.15, -0.1) is 0 Å². The second kappa shape index (κ2) is 10.3. The van der Waals surface area contributed by atoms with Crippen molar-refractivity contribution in [1.82, 2.24) is 15.3 Å². The van der Waals surface area contributed by atoms with Gasteiger partial charge in [0.25, 0.3) is 0 Å². The van der Waals surface area contributed by atoms with E-state index in [1.165, 1.54) is 12.1 Å². The first-order valence-corrected chi connectivity index (χ1v) is 10.2. The van der Waals surface area contributed by atoms with E-state index in [0.717, 1.165) is 22.4 Å². The van der Waals surface area contributed by atoms with Crippen LogP contribution in [0.1, 0.15) is 23.4 Å². The molecule has 7 heteroatoms. The molecule has 0 radical (unpaired) electrons. The van der Waals surface area contributed by atoms with Crippen LogP contribution in [0.5, 0.6) is 5.75 Å². The second-order valence-corrected chi connectivity index (χ2v) is 7.20. The maximum atomic E-state index is 13.0. The summed E-state index contributed by atoms with van der Waals surface area (Å²) in [6, 6.07) is 17.4. The quantitative estimate of drug-likeness (QED) is 0.416. The van der Waals surface area contributed by atoms with Crippen LogP contribution < -0.4 is 10.1 Å². The third-order valence-corrected chi connectivity index (χ3v) is 4.79. The number of carbonyl (C=O) groups is 1. The molecule has 2 aromatic carbocycles. The second-order valence-electron chi connectivity index (χ2n) is 7.20. The van der Waals surface area contributed by atoms with Crippen LogP contribution in [0, 0.1) is 5.82 Å². The Morgan fingerprint density at radius 1 is 1.00 bits per heavy atom. The third-order valence-electron chi connectivity index (χ3n) is 4.79. The van der Waals surface area contributed by atoms with Gasteiger partial charge >= 0.3 is 0 Å². The first-order valence-electron chi connectivity index (χ1n) is 10.2. The Hall–Kier alpha value is -4.00. The number of pyridine rings is 1. The number of aromatic nitrogens is 2. The highest BCUT2D eigenvalue weighted by molar-refractivity contribution is 5.76. The number of halogens is 1. The fraction of sp³-hybridized carbons (Fsp3) is 0.160. The summed E-state index contributed by atoms with van der Waals surface area (Å²) in [4.78, 5) is 20.4. The minimum atomic E-state index is -0.308. The van der Waals surface area contributed by atoms with E-state index < -0.39 is 0 Å². The van der Waals surface area contributed by atoms with Crippen molar-refractivity contribution in [3.05, 3.63) is 102 Å². The van der Waals surface area contributed by atoms with Crippen LogP contribution in [0.15, 0.2) is 83.7 Å². The normalized spacial score (nSPS) is 10.7. The largest absolute Gasteiger partial charge is 0.489 e. The Balaban J connectivity index is 1.20. The summed E-state index contributed by atoms with van der Waals surface area (Å²) >= 11 is 0. The highest BCUT2D eigenvalue weighted by Crippen LogP contribution is 2.21. The number of carbonyl (C=O) groups excluding carboxylic acids is 1. The van der Waals surface area contributed by atoms with Crippen molar-refractivity contribution in [2.24, 2.45) is 0 Å². The molecule has 0 bridgehead atoms. The maximum Gasteiger partial charge on any atom is 0.220 e. The first-order chi connectivity index (χ1) is 15.7. The molecule has 0 spiro atoms. The molecule has 2 aromatic heterocycles. The van der Waals surface area contributed by atoms with E-state index in [-0.39, 0.29) is 18.1 Å². The zero-order valence-electron chi connectivity index (χ0n) is 17.3. The molecule has 32 heavy (non-hydrogen) atoms. The summed E-state index contributed by atoms with van der Waals surface area (Å²) in [5.41, 5.74) is 2.71. The smallest absolute Gasteiger partial charge is 0.220 e. The van der Waals surface area contributed by atoms with Crippen molar-refractivity contribution in [2.45, 2.75) is 26.0 Å². The lowest BCUT2D eigenvalue weighted by molar-refractivity contribution is -0.121. The van der Waals surface area contributed by atoms with Crippen LogP contribution in [-0.2, 0) is 24.4 Å². The number of ether oxygens (including phenoxy) is 1. The molecule has 6 nitrogen and oxygen atoms in total. The van der Waals surface area contributed by atoms with Gasteiger partial charge in [-0.05, 0) is 48.0 Å². The van der Waals surface area contributed by atoms with Gasteiger partial charge in [0.15, 0.2) is 11.7 Å². The van der Waals surface area contributed by atoms with Gasteiger partial charge in [-0.25, -0.2) is 9.37 Å². The van der Waals surface area contributed by atoms with Crippen molar-refractivity contribution in [1.29, 1.82) is 0 Å². The molecule has 0 atom stereocenters. The number of oxazole rings is 1. The van der Waals surface area contributed by atoms with Gasteiger partial charge in [-0.3, -0.25) is 9.78 Å². The molecule has 162 valence electrons. The maximum absolute atomic E-state index is 13.0. The summed E-state index contributed by atoms with van der Waals surface area (Å²) in [6.45, 7) is 0.877. The van der Waals surface area contributed by atoms with Crippen molar-refractivity contribution < 1.29 is 18.3 Å². The van der Waals surface area contributed by atoms with E-state index in [1.54, 1.807) is 30.7 Å². The fourth-order valence-corrected chi connectivity index (χ4v) is 3.04. The van der Waals surface area contributed by atoms with E-state index in [4.69, 9.17) is 9.15 Å². The molecule has 0 saturated heterocycles. The molecule has 0 saturated carbocycles. The van der Waals surface area contributed by atoms with Gasteiger partial charge in [0.05, 0.1) is 6.20 Å². The minimum absolute atomic E-state index is 0.0940. The molecule has 0 fully saturated rings. The minimum Gasteiger partial charge on any atom is -0.489 e. The van der Waals surface area contributed by atoms with E-state index in [1.807, 2.05) is 36.4 Å². The molecule has 0 unspecified atom stereocenters. The van der Waals surface area contributed by atoms with Gasteiger partial charge < -0.3 is 14.5 Å². The van der Waals surface area contributed by atoms with E-state index in [0.29, 0.717) is 31.2 Å². The predicted octanol–water partition coefficient (Wildman–Crippen LogP) is 4.70. The molecular formula is C25H22FN3O3. The van der Waals surface area contributed by atoms with Crippen LogP contribution >= 0.6 is 0 Å². The Morgan fingerprint density at radius 3 is 2.56 bits per heavy atom. The van der Waals surface area contributed by atoms with Gasteiger partial charge in [-0.2, -0.15) is 0 Å². The number of nitrogens with one attached hydrogen (secondary N) is 1. The Morgan fingerprint density at radius 2 is 1.81 bits per heavy atom. The number of benzene rings is 2. The molecule has 0 aliphatic rings. The monoisotopic (exact) mass is 431 g/mol. The SMILES string of the molecule is O=C(CCc1ncc(-c2ccc(F)cc2)o1)NCc1ccc(OCc2cccnc2)cc1. The topological polar surface area (TPSA) is 77.2 Å². The van der Waals surface area contributed by atoms with Crippen LogP contribution in [0.3, 0.4) is 0 Å². The van der Waals surface area contributed by atoms with E-state index >= 15 is 0 Å². The molecule has 4 rings (SSSR count). The fourth-order valence-electron chi connectivity index (χ4n) is 3.04. The molecule has 4 aromatic rings. The predicted molar refractivity (Wildman–Crippen MR) is 117 cm³/mol. The summed E-state index contributed by atoms with van der Waals surface area (Å²) < 4.78 is 24.4. The summed E-state index contributed by atoms with van der Waals surface area (Å²) in [7, 11) is 0. The number of hydrogen-bond acceptors (Lipinski definition) is 5. The molecule has 0 aliphatic carbocycles. The lowest BCUT2D eigenvalue weighted by Gasteiger charge is -2.08. The zero-order chi connectivity index (χ0) is 22.2. The average molecular weight is 431 g/mol. The highest BCUT2D eigenvalue weighted by atomic mass is 19.1. The Kier molecular flexibility index (Phi) is 6.87. The zero-order valence-corrected chi connectivity index (χ0v) is 17.3. The number of nitrogens with zero attached hydrogens (tertiary/aromatic N) is 2. The number of rotatable bonds is 9. The lowest BCUT2D eigenvalue weighted by atomic mass is 10.2. The van der Waals surface area contributed by atoms with Gasteiger partial charge in [0.2, 0.25) is 5.91 Å². The molecule has 0 aliphatic heterocycles. The number of amides is 1. The summed E-state index contributed by atoms with van der Waals surface area (Å²) in [5, 5.41) is 2.89. The van der Waals surface area contributed by atoms with Crippen LogP contribution in [0.25, 0.3) is 11.3 Å². The van der Waals surface area contributed by atoms with Gasteiger partial charge in [-0.1, -0.05) is 18.2 Å². The van der Waals surface area contributed by atoms with Crippen molar-refractivity contribution >= 4 is 5.91 Å². The van der Waals surface area contributed by atoms with Crippen LogP contribution in [0.4, 0.5) is 4.39 Å².